The van der Waals surface area contributed by atoms with Gasteiger partial charge in [0.05, 0.1) is 7.11 Å². The Morgan fingerprint density at radius 1 is 1.60 bits per heavy atom. The van der Waals surface area contributed by atoms with Gasteiger partial charge in [0, 0.05) is 0 Å². The van der Waals surface area contributed by atoms with Gasteiger partial charge in [-0.1, -0.05) is 0 Å². The van der Waals surface area contributed by atoms with Gasteiger partial charge in [-0.25, -0.2) is 9.63 Å². The van der Waals surface area contributed by atoms with Crippen LogP contribution in [0.15, 0.2) is 0 Å². The van der Waals surface area contributed by atoms with Crippen LogP contribution >= 0.6 is 11.8 Å². The van der Waals surface area contributed by atoms with E-state index in [1.165, 1.54) is 0 Å². The van der Waals surface area contributed by atoms with Crippen LogP contribution in [-0.2, 0) is 14.3 Å². The molecule has 6 heteroatoms. The summed E-state index contributed by atoms with van der Waals surface area (Å²) < 4.78 is 8.01. The third-order valence-corrected chi connectivity index (χ3v) is 0.709. The molecular formula is C4H6ClNO4. The Kier molecular flexibility index (Phi) is 4.61. The summed E-state index contributed by atoms with van der Waals surface area (Å²) in [4.78, 5) is 22.5. The zero-order valence-corrected chi connectivity index (χ0v) is 5.97. The Hall–Kier alpha value is -0.810. The van der Waals surface area contributed by atoms with E-state index >= 15 is 0 Å². The topological polar surface area (TPSA) is 64.6 Å². The van der Waals surface area contributed by atoms with E-state index in [4.69, 9.17) is 11.8 Å². The number of rotatable bonds is 2. The molecule has 0 fully saturated rings. The van der Waals surface area contributed by atoms with Crippen LogP contribution in [0.5, 0.6) is 0 Å². The average molecular weight is 168 g/mol. The van der Waals surface area contributed by atoms with Crippen molar-refractivity contribution in [3.63, 3.8) is 0 Å². The summed E-state index contributed by atoms with van der Waals surface area (Å²) in [5, 5.41) is 0. The number of nitrogens with one attached hydrogen (secondary N) is 1. The number of hydrogen-bond donors (Lipinski definition) is 1. The van der Waals surface area contributed by atoms with E-state index in [1.807, 2.05) is 4.84 Å². The van der Waals surface area contributed by atoms with Gasteiger partial charge in [0.2, 0.25) is 0 Å². The number of methoxy groups -OCH3 is 1. The first-order valence-electron chi connectivity index (χ1n) is 2.32. The van der Waals surface area contributed by atoms with E-state index in [0.29, 0.717) is 0 Å². The number of halogens is 1. The molecule has 0 aromatic rings. The van der Waals surface area contributed by atoms with Crippen LogP contribution in [0.4, 0.5) is 4.79 Å². The first kappa shape index (κ1) is 9.19. The minimum atomic E-state index is -1.04. The second-order valence-electron chi connectivity index (χ2n) is 1.24. The molecule has 1 N–H and O–H groups in total. The SMILES string of the molecule is COC(=O)OC(=O)CNCl. The predicted octanol–water partition coefficient (Wildman–Crippen LogP) is 0.0394. The molecule has 0 aliphatic carbocycles. The van der Waals surface area contributed by atoms with E-state index in [1.54, 1.807) is 0 Å². The van der Waals surface area contributed by atoms with Crippen molar-refractivity contribution in [1.29, 1.82) is 0 Å². The Labute approximate surface area is 62.3 Å². The number of esters is 1. The summed E-state index contributed by atoms with van der Waals surface area (Å²) in [7, 11) is 1.10. The smallest absolute Gasteiger partial charge is 0.437 e. The van der Waals surface area contributed by atoms with Crippen molar-refractivity contribution in [1.82, 2.24) is 4.84 Å². The molecule has 10 heavy (non-hydrogen) atoms. The minimum absolute atomic E-state index is 0.239. The fraction of sp³-hybridized carbons (Fsp3) is 0.500. The van der Waals surface area contributed by atoms with Crippen LogP contribution in [0.2, 0.25) is 0 Å². The van der Waals surface area contributed by atoms with Crippen LogP contribution in [-0.4, -0.2) is 25.8 Å². The molecular weight excluding hydrogens is 162 g/mol. The quantitative estimate of drug-likeness (QED) is 0.357. The largest absolute Gasteiger partial charge is 0.515 e. The maximum atomic E-state index is 10.3. The molecule has 0 rings (SSSR count). The van der Waals surface area contributed by atoms with Crippen molar-refractivity contribution >= 4 is 23.9 Å². The Balaban J connectivity index is 3.47. The van der Waals surface area contributed by atoms with Crippen molar-refractivity contribution in [2.75, 3.05) is 13.7 Å². The van der Waals surface area contributed by atoms with E-state index in [0.717, 1.165) is 7.11 Å². The maximum absolute atomic E-state index is 10.3. The van der Waals surface area contributed by atoms with Gasteiger partial charge in [0.25, 0.3) is 0 Å². The predicted molar refractivity (Wildman–Crippen MR) is 32.4 cm³/mol. The molecule has 0 saturated carbocycles. The highest BCUT2D eigenvalue weighted by Crippen LogP contribution is 1.82. The van der Waals surface area contributed by atoms with Crippen molar-refractivity contribution in [3.8, 4) is 0 Å². The normalized spacial score (nSPS) is 8.60. The number of hydrogen-bond acceptors (Lipinski definition) is 5. The van der Waals surface area contributed by atoms with Crippen LogP contribution in [0.25, 0.3) is 0 Å². The monoisotopic (exact) mass is 167 g/mol. The Morgan fingerprint density at radius 3 is 2.60 bits per heavy atom. The van der Waals surface area contributed by atoms with E-state index in [2.05, 4.69) is 9.47 Å². The molecule has 58 valence electrons. The molecule has 0 bridgehead atoms. The van der Waals surface area contributed by atoms with Crippen molar-refractivity contribution < 1.29 is 19.1 Å². The fourth-order valence-electron chi connectivity index (χ4n) is 0.225. The summed E-state index contributed by atoms with van der Waals surface area (Å²) >= 11 is 4.92. The van der Waals surface area contributed by atoms with Gasteiger partial charge in [-0.3, -0.25) is 4.79 Å². The highest BCUT2D eigenvalue weighted by atomic mass is 35.5. The van der Waals surface area contributed by atoms with Crippen molar-refractivity contribution in [2.45, 2.75) is 0 Å². The average Bonchev–Trinajstić information content (AvgIpc) is 1.88. The standard InChI is InChI=1S/C4H6ClNO4/c1-9-4(8)10-3(7)2-6-5/h6H,2H2,1H3. The molecule has 0 unspecified atom stereocenters. The van der Waals surface area contributed by atoms with Gasteiger partial charge in [-0.05, 0) is 11.8 Å². The van der Waals surface area contributed by atoms with Crippen LogP contribution in [0.3, 0.4) is 0 Å². The van der Waals surface area contributed by atoms with Crippen LogP contribution < -0.4 is 4.84 Å². The molecule has 0 spiro atoms. The number of carbonyl (C=O) groups excluding carboxylic acids is 2. The summed E-state index contributed by atoms with van der Waals surface area (Å²) in [6, 6.07) is 0. The minimum Gasteiger partial charge on any atom is -0.437 e. The molecule has 0 saturated heterocycles. The lowest BCUT2D eigenvalue weighted by Crippen LogP contribution is -2.20. The molecule has 0 amide bonds. The van der Waals surface area contributed by atoms with E-state index < -0.39 is 12.1 Å². The zero-order valence-electron chi connectivity index (χ0n) is 5.22. The molecule has 0 aromatic heterocycles. The fourth-order valence-corrected chi connectivity index (χ4v) is 0.334. The zero-order chi connectivity index (χ0) is 7.98. The molecule has 0 aliphatic rings. The molecule has 5 nitrogen and oxygen atoms in total. The Morgan fingerprint density at radius 2 is 2.20 bits per heavy atom. The van der Waals surface area contributed by atoms with E-state index in [-0.39, 0.29) is 6.54 Å². The third-order valence-electron chi connectivity index (χ3n) is 0.575. The van der Waals surface area contributed by atoms with Gasteiger partial charge in [-0.15, -0.1) is 0 Å². The molecule has 0 aromatic carbocycles. The van der Waals surface area contributed by atoms with Gasteiger partial charge in [-0.2, -0.15) is 0 Å². The first-order valence-corrected chi connectivity index (χ1v) is 2.70. The third kappa shape index (κ3) is 4.11. The lowest BCUT2D eigenvalue weighted by atomic mass is 10.7. The maximum Gasteiger partial charge on any atom is 0.515 e. The van der Waals surface area contributed by atoms with Crippen LogP contribution in [0, 0.1) is 0 Å². The van der Waals surface area contributed by atoms with Gasteiger partial charge in [0.15, 0.2) is 0 Å². The number of carbonyl (C=O) groups is 2. The molecule has 0 atom stereocenters. The first-order chi connectivity index (χ1) is 4.70. The van der Waals surface area contributed by atoms with Crippen molar-refractivity contribution in [3.05, 3.63) is 0 Å². The molecule has 0 aliphatic heterocycles. The summed E-state index contributed by atoms with van der Waals surface area (Å²) in [6.45, 7) is -0.239. The summed E-state index contributed by atoms with van der Waals surface area (Å²) in [5.41, 5.74) is 0. The Bertz CT molecular complexity index is 137. The summed E-state index contributed by atoms with van der Waals surface area (Å²) in [5.74, 6) is -0.790. The summed E-state index contributed by atoms with van der Waals surface area (Å²) in [6.07, 6.45) is -1.04. The highest BCUT2D eigenvalue weighted by molar-refractivity contribution is 6.14. The lowest BCUT2D eigenvalue weighted by Gasteiger charge is -1.97. The van der Waals surface area contributed by atoms with Gasteiger partial charge in [0.1, 0.15) is 6.54 Å². The number of ether oxygens (including phenoxy) is 2. The highest BCUT2D eigenvalue weighted by Gasteiger charge is 2.07. The second-order valence-corrected chi connectivity index (χ2v) is 1.51. The van der Waals surface area contributed by atoms with Gasteiger partial charge >= 0.3 is 12.1 Å². The molecule has 0 heterocycles. The lowest BCUT2D eigenvalue weighted by molar-refractivity contribution is -0.138. The van der Waals surface area contributed by atoms with Gasteiger partial charge < -0.3 is 9.47 Å². The molecule has 0 radical (unpaired) electrons. The van der Waals surface area contributed by atoms with Crippen molar-refractivity contribution in [2.24, 2.45) is 0 Å². The van der Waals surface area contributed by atoms with E-state index in [9.17, 15) is 9.59 Å². The van der Waals surface area contributed by atoms with Crippen LogP contribution in [0.1, 0.15) is 0 Å². The second kappa shape index (κ2) is 5.01.